The van der Waals surface area contributed by atoms with Gasteiger partial charge in [-0.15, -0.1) is 5.10 Å². The minimum absolute atomic E-state index is 0.100. The summed E-state index contributed by atoms with van der Waals surface area (Å²) >= 11 is 12.7. The lowest BCUT2D eigenvalue weighted by molar-refractivity contribution is -0.143. The predicted octanol–water partition coefficient (Wildman–Crippen LogP) is 4.35. The summed E-state index contributed by atoms with van der Waals surface area (Å²) in [5.74, 6) is -0.429. The van der Waals surface area contributed by atoms with Crippen molar-refractivity contribution in [2.24, 2.45) is 0 Å². The molecule has 3 heterocycles. The van der Waals surface area contributed by atoms with Crippen LogP contribution in [0.4, 0.5) is 10.5 Å². The van der Waals surface area contributed by atoms with E-state index in [9.17, 15) is 14.4 Å². The van der Waals surface area contributed by atoms with Gasteiger partial charge in [0.2, 0.25) is 11.8 Å². The molecule has 0 radical (unpaired) electrons. The number of aromatic amines is 1. The molecule has 2 aromatic heterocycles. The van der Waals surface area contributed by atoms with E-state index in [1.54, 1.807) is 53.4 Å². The number of carbonyl (C=O) groups excluding carboxylic acids is 2. The highest BCUT2D eigenvalue weighted by atomic mass is 35.5. The fraction of sp³-hybridized carbons (Fsp3) is 0.276. The molecule has 16 heteroatoms. The van der Waals surface area contributed by atoms with E-state index in [2.05, 4.69) is 36.1 Å². The summed E-state index contributed by atoms with van der Waals surface area (Å²) in [4.78, 5) is 47.0. The van der Waals surface area contributed by atoms with Crippen molar-refractivity contribution in [3.05, 3.63) is 76.4 Å². The predicted molar refractivity (Wildman–Crippen MR) is 166 cm³/mol. The largest absolute Gasteiger partial charge is 0.465 e. The highest BCUT2D eigenvalue weighted by Gasteiger charge is 2.30. The zero-order chi connectivity index (χ0) is 32.1. The molecule has 2 aromatic carbocycles. The van der Waals surface area contributed by atoms with Crippen LogP contribution in [-0.4, -0.2) is 83.4 Å². The molecule has 5 rings (SSSR count). The zero-order valence-electron chi connectivity index (χ0n) is 24.1. The van der Waals surface area contributed by atoms with Crippen LogP contribution in [0.15, 0.2) is 54.9 Å². The van der Waals surface area contributed by atoms with Gasteiger partial charge < -0.3 is 25.0 Å². The van der Waals surface area contributed by atoms with Crippen molar-refractivity contribution >= 4 is 52.9 Å². The number of hydrogen-bond acceptors (Lipinski definition) is 8. The fourth-order valence-electron chi connectivity index (χ4n) is 4.99. The molecule has 4 N–H and O–H groups in total. The van der Waals surface area contributed by atoms with Crippen molar-refractivity contribution < 1.29 is 24.2 Å². The minimum atomic E-state index is -1.19. The maximum absolute atomic E-state index is 13.5. The number of H-pyrrole nitrogens is 1. The monoisotopic (exact) mass is 653 g/mol. The Morgan fingerprint density at radius 1 is 1.13 bits per heavy atom. The number of rotatable bonds is 9. The third kappa shape index (κ3) is 8.03. The molecule has 0 spiro atoms. The Balaban J connectivity index is 1.40. The highest BCUT2D eigenvalue weighted by molar-refractivity contribution is 6.32. The van der Waals surface area contributed by atoms with Crippen LogP contribution < -0.4 is 10.6 Å². The van der Waals surface area contributed by atoms with Crippen LogP contribution in [0.5, 0.6) is 0 Å². The minimum Gasteiger partial charge on any atom is -0.465 e. The van der Waals surface area contributed by atoms with Crippen LogP contribution >= 0.6 is 23.2 Å². The second-order valence-electron chi connectivity index (χ2n) is 10.4. The topological polar surface area (TPSA) is 180 Å². The van der Waals surface area contributed by atoms with Crippen LogP contribution in [0.1, 0.15) is 37.7 Å². The number of nitrogens with one attached hydrogen (secondary N) is 3. The number of imidazole rings is 1. The lowest BCUT2D eigenvalue weighted by Crippen LogP contribution is -2.49. The van der Waals surface area contributed by atoms with Crippen molar-refractivity contribution in [2.75, 3.05) is 18.4 Å². The number of anilines is 1. The lowest BCUT2D eigenvalue weighted by atomic mass is 10.1. The number of morpholine rings is 1. The number of benzene rings is 2. The van der Waals surface area contributed by atoms with Gasteiger partial charge in [0, 0.05) is 41.0 Å². The summed E-state index contributed by atoms with van der Waals surface area (Å²) in [5, 5.41) is 26.0. The molecule has 234 valence electrons. The molecule has 45 heavy (non-hydrogen) atoms. The molecule has 3 atom stereocenters. The van der Waals surface area contributed by atoms with Crippen LogP contribution in [0.2, 0.25) is 10.2 Å². The summed E-state index contributed by atoms with van der Waals surface area (Å²) in [6.07, 6.45) is 2.74. The van der Waals surface area contributed by atoms with E-state index in [-0.39, 0.29) is 35.5 Å². The van der Waals surface area contributed by atoms with Gasteiger partial charge in [-0.2, -0.15) is 4.68 Å². The quantitative estimate of drug-likeness (QED) is 0.191. The maximum atomic E-state index is 13.5. The first kappa shape index (κ1) is 31.6. The molecule has 1 aliphatic rings. The SMILES string of the molecule is CC1CN(C(=O)C[C@H](NC(=O)/C=C/c2cc(Cl)ccc2-n2cnnn2)c2nc(-c3ccc(NC(=O)O)cc3)c(Cl)[nH]2)CC(C)O1. The maximum Gasteiger partial charge on any atom is 0.409 e. The summed E-state index contributed by atoms with van der Waals surface area (Å²) < 4.78 is 7.21. The number of aromatic nitrogens is 6. The van der Waals surface area contributed by atoms with E-state index < -0.39 is 18.0 Å². The van der Waals surface area contributed by atoms with Crippen molar-refractivity contribution in [3.63, 3.8) is 0 Å². The van der Waals surface area contributed by atoms with Gasteiger partial charge in [-0.3, -0.25) is 14.9 Å². The standard InChI is InChI=1S/C29H29Cl2N9O5/c1-16-13-39(14-17(2)45-16)25(42)12-22(28-35-26(27(31)36-28)18-3-7-21(8-4-18)33-29(43)44)34-24(41)10-5-19-11-20(30)6-9-23(19)40-15-32-37-38-40/h3-11,15-17,22,33H,12-14H2,1-2H3,(H,34,41)(H,35,36)(H,43,44)/b10-5+/t16?,17?,22-/m0/s1. The number of hydrogen-bond donors (Lipinski definition) is 4. The molecular weight excluding hydrogens is 625 g/mol. The van der Waals surface area contributed by atoms with Crippen LogP contribution in [0.25, 0.3) is 23.0 Å². The zero-order valence-corrected chi connectivity index (χ0v) is 25.7. The van der Waals surface area contributed by atoms with Crippen molar-refractivity contribution in [2.45, 2.75) is 38.5 Å². The molecule has 1 fully saturated rings. The van der Waals surface area contributed by atoms with E-state index in [4.69, 9.17) is 33.0 Å². The number of carboxylic acid groups (broad SMARTS) is 1. The van der Waals surface area contributed by atoms with Gasteiger partial charge in [-0.25, -0.2) is 9.78 Å². The Morgan fingerprint density at radius 3 is 2.53 bits per heavy atom. The summed E-state index contributed by atoms with van der Waals surface area (Å²) in [6, 6.07) is 10.6. The Morgan fingerprint density at radius 2 is 1.87 bits per heavy atom. The van der Waals surface area contributed by atoms with E-state index in [0.717, 1.165) is 0 Å². The summed E-state index contributed by atoms with van der Waals surface area (Å²) in [6.45, 7) is 4.63. The third-order valence-electron chi connectivity index (χ3n) is 6.88. The number of ether oxygens (including phenoxy) is 1. The van der Waals surface area contributed by atoms with Crippen LogP contribution in [0.3, 0.4) is 0 Å². The van der Waals surface area contributed by atoms with E-state index in [0.29, 0.717) is 46.3 Å². The number of amides is 3. The van der Waals surface area contributed by atoms with Gasteiger partial charge in [0.25, 0.3) is 0 Å². The first-order valence-electron chi connectivity index (χ1n) is 13.9. The third-order valence-corrected chi connectivity index (χ3v) is 7.39. The number of carbonyl (C=O) groups is 3. The van der Waals surface area contributed by atoms with Gasteiger partial charge in [0.15, 0.2) is 0 Å². The molecule has 1 saturated heterocycles. The Labute approximate surface area is 267 Å². The molecule has 3 amide bonds. The van der Waals surface area contributed by atoms with Crippen molar-refractivity contribution in [1.29, 1.82) is 0 Å². The van der Waals surface area contributed by atoms with Crippen molar-refractivity contribution in [1.82, 2.24) is 40.4 Å². The Hall–Kier alpha value is -4.79. The van der Waals surface area contributed by atoms with Crippen LogP contribution in [-0.2, 0) is 14.3 Å². The first-order valence-corrected chi connectivity index (χ1v) is 14.6. The molecule has 2 unspecified atom stereocenters. The average molecular weight is 655 g/mol. The lowest BCUT2D eigenvalue weighted by Gasteiger charge is -2.36. The molecule has 0 bridgehead atoms. The first-order chi connectivity index (χ1) is 21.5. The summed E-state index contributed by atoms with van der Waals surface area (Å²) in [7, 11) is 0. The molecule has 4 aromatic rings. The molecular formula is C29H29Cl2N9O5. The van der Waals surface area contributed by atoms with Gasteiger partial charge in [0.05, 0.1) is 30.4 Å². The molecule has 0 saturated carbocycles. The smallest absolute Gasteiger partial charge is 0.409 e. The van der Waals surface area contributed by atoms with Crippen LogP contribution in [0, 0.1) is 0 Å². The van der Waals surface area contributed by atoms with Gasteiger partial charge in [-0.05, 0) is 60.7 Å². The second kappa shape index (κ2) is 13.9. The van der Waals surface area contributed by atoms with E-state index in [1.807, 2.05) is 13.8 Å². The van der Waals surface area contributed by atoms with Gasteiger partial charge in [-0.1, -0.05) is 35.3 Å². The Bertz CT molecular complexity index is 1700. The van der Waals surface area contributed by atoms with E-state index in [1.165, 1.54) is 17.1 Å². The van der Waals surface area contributed by atoms with Crippen molar-refractivity contribution in [3.8, 4) is 16.9 Å². The summed E-state index contributed by atoms with van der Waals surface area (Å²) in [5.41, 5.74) is 2.52. The Kier molecular flexibility index (Phi) is 9.76. The van der Waals surface area contributed by atoms with E-state index >= 15 is 0 Å². The normalized spacial score (nSPS) is 17.3. The van der Waals surface area contributed by atoms with Gasteiger partial charge in [0.1, 0.15) is 23.0 Å². The molecule has 14 nitrogen and oxygen atoms in total. The molecule has 1 aliphatic heterocycles. The number of halogens is 2. The number of nitrogens with zero attached hydrogens (tertiary/aromatic N) is 6. The fourth-order valence-corrected chi connectivity index (χ4v) is 5.41. The number of tetrazole rings is 1. The average Bonchev–Trinajstić information content (AvgIpc) is 3.66. The molecule has 0 aliphatic carbocycles. The van der Waals surface area contributed by atoms with Gasteiger partial charge >= 0.3 is 6.09 Å². The highest BCUT2D eigenvalue weighted by Crippen LogP contribution is 2.30. The second-order valence-corrected chi connectivity index (χ2v) is 11.2.